The Morgan fingerprint density at radius 2 is 1.71 bits per heavy atom. The molecule has 0 aromatic heterocycles. The summed E-state index contributed by atoms with van der Waals surface area (Å²) in [5.74, 6) is -0.634. The Morgan fingerprint density at radius 3 is 2.26 bits per heavy atom. The number of carbonyl (C=O) groups is 1. The Labute approximate surface area is 189 Å². The topological polar surface area (TPSA) is 83.5 Å². The Bertz CT molecular complexity index is 1040. The highest BCUT2D eigenvalue weighted by Crippen LogP contribution is 2.34. The molecule has 2 N–H and O–H groups in total. The largest absolute Gasteiger partial charge is 0.478 e. The molecule has 7 heteroatoms. The summed E-state index contributed by atoms with van der Waals surface area (Å²) in [6.07, 6.45) is 6.23. The van der Waals surface area contributed by atoms with E-state index in [1.54, 1.807) is 6.92 Å². The van der Waals surface area contributed by atoms with Crippen LogP contribution in [-0.4, -0.2) is 19.5 Å². The zero-order chi connectivity index (χ0) is 22.8. The highest BCUT2D eigenvalue weighted by atomic mass is 35.5. The van der Waals surface area contributed by atoms with Crippen molar-refractivity contribution in [1.82, 2.24) is 4.72 Å². The van der Waals surface area contributed by atoms with Gasteiger partial charge in [-0.2, -0.15) is 0 Å². The molecule has 2 aromatic rings. The molecule has 1 unspecified atom stereocenters. The van der Waals surface area contributed by atoms with E-state index < -0.39 is 22.0 Å². The molecule has 0 spiro atoms. The van der Waals surface area contributed by atoms with Crippen LogP contribution in [0.5, 0.6) is 0 Å². The number of rotatable bonds is 7. The predicted molar refractivity (Wildman–Crippen MR) is 123 cm³/mol. The third-order valence-electron chi connectivity index (χ3n) is 6.08. The Morgan fingerprint density at radius 1 is 1.10 bits per heavy atom. The van der Waals surface area contributed by atoms with Gasteiger partial charge in [-0.05, 0) is 60.4 Å². The molecule has 31 heavy (non-hydrogen) atoms. The van der Waals surface area contributed by atoms with Crippen molar-refractivity contribution < 1.29 is 18.3 Å². The standard InChI is InChI=1S/C24H30ClNO4S/c1-15(2)23(19-11-9-18(10-12-19)17-7-5-4-6-8-17)26-31(29,30)21-14-20(24(27)28)13-16(3)22(21)25/h9-15,17,23,26H,4-8H2,1-3H3,(H,27,28). The molecular formula is C24H30ClNO4S. The smallest absolute Gasteiger partial charge is 0.335 e. The van der Waals surface area contributed by atoms with Crippen LogP contribution in [0.15, 0.2) is 41.3 Å². The second-order valence-corrected chi connectivity index (χ2v) is 10.8. The van der Waals surface area contributed by atoms with Gasteiger partial charge in [0.2, 0.25) is 10.0 Å². The van der Waals surface area contributed by atoms with Crippen LogP contribution in [0.3, 0.4) is 0 Å². The molecule has 0 aliphatic heterocycles. The molecule has 0 saturated heterocycles. The van der Waals surface area contributed by atoms with Gasteiger partial charge in [-0.3, -0.25) is 0 Å². The molecule has 1 aliphatic rings. The minimum absolute atomic E-state index is 0.0159. The number of aromatic carboxylic acids is 1. The average molecular weight is 464 g/mol. The van der Waals surface area contributed by atoms with Crippen molar-refractivity contribution in [3.05, 3.63) is 63.7 Å². The Kier molecular flexibility index (Phi) is 7.45. The highest BCUT2D eigenvalue weighted by molar-refractivity contribution is 7.89. The van der Waals surface area contributed by atoms with E-state index >= 15 is 0 Å². The molecule has 168 valence electrons. The molecule has 1 saturated carbocycles. The molecule has 0 bridgehead atoms. The predicted octanol–water partition coefficient (Wildman–Crippen LogP) is 6.07. The van der Waals surface area contributed by atoms with Crippen molar-refractivity contribution in [2.24, 2.45) is 5.92 Å². The summed E-state index contributed by atoms with van der Waals surface area (Å²) in [6.45, 7) is 5.49. The van der Waals surface area contributed by atoms with Gasteiger partial charge in [0, 0.05) is 6.04 Å². The van der Waals surface area contributed by atoms with E-state index in [1.165, 1.54) is 43.7 Å². The number of aryl methyl sites for hydroxylation is 1. The number of benzene rings is 2. The van der Waals surface area contributed by atoms with Crippen LogP contribution in [0.4, 0.5) is 0 Å². The maximum absolute atomic E-state index is 13.2. The molecule has 3 rings (SSSR count). The number of sulfonamides is 1. The summed E-state index contributed by atoms with van der Waals surface area (Å²) < 4.78 is 29.1. The van der Waals surface area contributed by atoms with Crippen molar-refractivity contribution in [3.63, 3.8) is 0 Å². The lowest BCUT2D eigenvalue weighted by Crippen LogP contribution is -2.32. The molecular weight excluding hydrogens is 434 g/mol. The first kappa shape index (κ1) is 23.8. The molecule has 5 nitrogen and oxygen atoms in total. The van der Waals surface area contributed by atoms with Gasteiger partial charge in [0.15, 0.2) is 0 Å². The first-order valence-corrected chi connectivity index (χ1v) is 12.6. The monoisotopic (exact) mass is 463 g/mol. The van der Waals surface area contributed by atoms with Crippen LogP contribution >= 0.6 is 11.6 Å². The van der Waals surface area contributed by atoms with Crippen LogP contribution in [0.2, 0.25) is 5.02 Å². The molecule has 0 radical (unpaired) electrons. The van der Waals surface area contributed by atoms with Crippen molar-refractivity contribution in [2.45, 2.75) is 69.7 Å². The van der Waals surface area contributed by atoms with Crippen molar-refractivity contribution >= 4 is 27.6 Å². The van der Waals surface area contributed by atoms with Crippen molar-refractivity contribution in [3.8, 4) is 0 Å². The lowest BCUT2D eigenvalue weighted by molar-refractivity contribution is 0.0696. The average Bonchev–Trinajstić information content (AvgIpc) is 2.74. The van der Waals surface area contributed by atoms with Crippen LogP contribution in [0.1, 0.15) is 85.0 Å². The van der Waals surface area contributed by atoms with E-state index in [2.05, 4.69) is 16.9 Å². The summed E-state index contributed by atoms with van der Waals surface area (Å²) in [7, 11) is -4.04. The number of halogens is 1. The first-order valence-electron chi connectivity index (χ1n) is 10.8. The minimum Gasteiger partial charge on any atom is -0.478 e. The van der Waals surface area contributed by atoms with E-state index in [-0.39, 0.29) is 21.4 Å². The van der Waals surface area contributed by atoms with Gasteiger partial charge in [-0.25, -0.2) is 17.9 Å². The lowest BCUT2D eigenvalue weighted by atomic mass is 9.83. The molecule has 1 fully saturated rings. The van der Waals surface area contributed by atoms with E-state index in [0.717, 1.165) is 11.6 Å². The van der Waals surface area contributed by atoms with Crippen molar-refractivity contribution in [1.29, 1.82) is 0 Å². The Hall–Kier alpha value is -1.89. The van der Waals surface area contributed by atoms with E-state index in [9.17, 15) is 18.3 Å². The molecule has 1 aliphatic carbocycles. The SMILES string of the molecule is Cc1cc(C(=O)O)cc(S(=O)(=O)NC(c2ccc(C3CCCCC3)cc2)C(C)C)c1Cl. The number of hydrogen-bond donors (Lipinski definition) is 2. The normalized spacial score (nSPS) is 16.4. The quantitative estimate of drug-likeness (QED) is 0.521. The van der Waals surface area contributed by atoms with Gasteiger partial charge in [-0.15, -0.1) is 0 Å². The molecule has 0 amide bonds. The summed E-state index contributed by atoms with van der Waals surface area (Å²) in [6, 6.07) is 10.2. The summed E-state index contributed by atoms with van der Waals surface area (Å²) in [5.41, 5.74) is 2.47. The summed E-state index contributed by atoms with van der Waals surface area (Å²) >= 11 is 6.26. The molecule has 0 heterocycles. The van der Waals surface area contributed by atoms with Gasteiger partial charge in [0.05, 0.1) is 10.6 Å². The first-order chi connectivity index (χ1) is 14.6. The maximum atomic E-state index is 13.2. The van der Waals surface area contributed by atoms with Crippen LogP contribution in [-0.2, 0) is 10.0 Å². The lowest BCUT2D eigenvalue weighted by Gasteiger charge is -2.25. The van der Waals surface area contributed by atoms with Crippen LogP contribution in [0.25, 0.3) is 0 Å². The fourth-order valence-electron chi connectivity index (χ4n) is 4.29. The van der Waals surface area contributed by atoms with Crippen LogP contribution < -0.4 is 4.72 Å². The third kappa shape index (κ3) is 5.48. The van der Waals surface area contributed by atoms with Gasteiger partial charge in [0.1, 0.15) is 4.90 Å². The summed E-state index contributed by atoms with van der Waals surface area (Å²) in [5, 5.41) is 9.35. The molecule has 1 atom stereocenters. The number of nitrogens with one attached hydrogen (secondary N) is 1. The Balaban J connectivity index is 1.90. The van der Waals surface area contributed by atoms with E-state index in [1.807, 2.05) is 26.0 Å². The second-order valence-electron chi connectivity index (χ2n) is 8.75. The fourth-order valence-corrected chi connectivity index (χ4v) is 6.25. The van der Waals surface area contributed by atoms with Crippen molar-refractivity contribution in [2.75, 3.05) is 0 Å². The van der Waals surface area contributed by atoms with Crippen LogP contribution in [0, 0.1) is 12.8 Å². The molecule has 2 aromatic carbocycles. The number of hydrogen-bond acceptors (Lipinski definition) is 3. The highest BCUT2D eigenvalue weighted by Gasteiger charge is 2.28. The number of carboxylic acid groups (broad SMARTS) is 1. The van der Waals surface area contributed by atoms with E-state index in [0.29, 0.717) is 11.5 Å². The van der Waals surface area contributed by atoms with Gasteiger partial charge < -0.3 is 5.11 Å². The maximum Gasteiger partial charge on any atom is 0.335 e. The summed E-state index contributed by atoms with van der Waals surface area (Å²) in [4.78, 5) is 11.2. The third-order valence-corrected chi connectivity index (χ3v) is 8.16. The zero-order valence-corrected chi connectivity index (χ0v) is 19.8. The zero-order valence-electron chi connectivity index (χ0n) is 18.2. The van der Waals surface area contributed by atoms with Gasteiger partial charge in [0.25, 0.3) is 0 Å². The minimum atomic E-state index is -4.04. The number of carboxylic acids is 1. The fraction of sp³-hybridized carbons (Fsp3) is 0.458. The van der Waals surface area contributed by atoms with E-state index in [4.69, 9.17) is 11.6 Å². The van der Waals surface area contributed by atoms with Gasteiger partial charge >= 0.3 is 5.97 Å². The van der Waals surface area contributed by atoms with Gasteiger partial charge in [-0.1, -0.05) is 69.0 Å². The second kappa shape index (κ2) is 9.72.